The number of nitrogens with zero attached hydrogens (tertiary/aromatic N) is 1. The Morgan fingerprint density at radius 1 is 1.62 bits per heavy atom. The second-order valence-corrected chi connectivity index (χ2v) is 3.13. The smallest absolute Gasteiger partial charge is 0.115 e. The van der Waals surface area contributed by atoms with Gasteiger partial charge < -0.3 is 10.8 Å². The predicted octanol–water partition coefficient (Wildman–Crippen LogP) is 1.15. The lowest BCUT2D eigenvalue weighted by Crippen LogP contribution is -2.18. The third kappa shape index (κ3) is 2.46. The molecule has 0 aromatic heterocycles. The highest BCUT2D eigenvalue weighted by atomic mass is 16.3. The van der Waals surface area contributed by atoms with Crippen LogP contribution in [0.25, 0.3) is 0 Å². The van der Waals surface area contributed by atoms with Crippen LogP contribution in [0.15, 0.2) is 18.2 Å². The normalized spacial score (nSPS) is 12.1. The summed E-state index contributed by atoms with van der Waals surface area (Å²) < 4.78 is 0. The van der Waals surface area contributed by atoms with Crippen LogP contribution in [0, 0.1) is 11.3 Å². The second-order valence-electron chi connectivity index (χ2n) is 3.13. The minimum atomic E-state index is -0.00565. The van der Waals surface area contributed by atoms with Gasteiger partial charge in [0.25, 0.3) is 0 Å². The molecule has 3 nitrogen and oxygen atoms in total. The molecule has 0 amide bonds. The van der Waals surface area contributed by atoms with E-state index in [1.165, 1.54) is 6.07 Å². The topological polar surface area (TPSA) is 70.0 Å². The van der Waals surface area contributed by atoms with E-state index in [1.807, 2.05) is 6.92 Å². The Kier molecular flexibility index (Phi) is 2.88. The third-order valence-corrected chi connectivity index (χ3v) is 1.75. The Labute approximate surface area is 77.4 Å². The molecule has 0 saturated heterocycles. The van der Waals surface area contributed by atoms with Crippen LogP contribution in [0.5, 0.6) is 5.75 Å². The summed E-state index contributed by atoms with van der Waals surface area (Å²) in [6, 6.07) is 6.75. The van der Waals surface area contributed by atoms with Gasteiger partial charge in [0.2, 0.25) is 0 Å². The highest BCUT2D eigenvalue weighted by Gasteiger charge is 2.05. The van der Waals surface area contributed by atoms with Gasteiger partial charge in [0.05, 0.1) is 11.6 Å². The Morgan fingerprint density at radius 2 is 2.31 bits per heavy atom. The van der Waals surface area contributed by atoms with Crippen LogP contribution in [-0.2, 0) is 6.42 Å². The van der Waals surface area contributed by atoms with E-state index in [2.05, 4.69) is 6.07 Å². The lowest BCUT2D eigenvalue weighted by atomic mass is 10.0. The van der Waals surface area contributed by atoms with Crippen LogP contribution < -0.4 is 5.73 Å². The van der Waals surface area contributed by atoms with E-state index >= 15 is 0 Å². The van der Waals surface area contributed by atoms with Crippen LogP contribution in [0.3, 0.4) is 0 Å². The fraction of sp³-hybridized carbons (Fsp3) is 0.300. The molecule has 0 saturated carbocycles. The molecule has 68 valence electrons. The Bertz CT molecular complexity index is 339. The van der Waals surface area contributed by atoms with Gasteiger partial charge >= 0.3 is 0 Å². The van der Waals surface area contributed by atoms with Crippen LogP contribution in [0.2, 0.25) is 0 Å². The van der Waals surface area contributed by atoms with Crippen molar-refractivity contribution in [3.05, 3.63) is 29.3 Å². The first-order chi connectivity index (χ1) is 6.13. The lowest BCUT2D eigenvalue weighted by Gasteiger charge is -2.07. The van der Waals surface area contributed by atoms with Gasteiger partial charge in [-0.25, -0.2) is 0 Å². The molecular weight excluding hydrogens is 164 g/mol. The van der Waals surface area contributed by atoms with E-state index in [0.29, 0.717) is 12.0 Å². The summed E-state index contributed by atoms with van der Waals surface area (Å²) in [4.78, 5) is 0. The molecule has 0 heterocycles. The van der Waals surface area contributed by atoms with Crippen molar-refractivity contribution in [3.8, 4) is 11.8 Å². The van der Waals surface area contributed by atoms with Crippen molar-refractivity contribution in [2.45, 2.75) is 19.4 Å². The first-order valence-electron chi connectivity index (χ1n) is 4.11. The van der Waals surface area contributed by atoms with Gasteiger partial charge in [0, 0.05) is 6.04 Å². The van der Waals surface area contributed by atoms with Crippen molar-refractivity contribution in [2.75, 3.05) is 0 Å². The Morgan fingerprint density at radius 3 is 2.85 bits per heavy atom. The van der Waals surface area contributed by atoms with E-state index in [9.17, 15) is 5.11 Å². The zero-order chi connectivity index (χ0) is 9.84. The van der Waals surface area contributed by atoms with Crippen molar-refractivity contribution >= 4 is 0 Å². The maximum absolute atomic E-state index is 9.20. The second kappa shape index (κ2) is 3.92. The number of phenolic OH excluding ortho intramolecular Hbond substituents is 1. The van der Waals surface area contributed by atoms with Crippen molar-refractivity contribution in [3.63, 3.8) is 0 Å². The molecule has 1 atom stereocenters. The van der Waals surface area contributed by atoms with E-state index in [4.69, 9.17) is 11.0 Å². The molecular formula is C10H12N2O. The van der Waals surface area contributed by atoms with Gasteiger partial charge in [-0.1, -0.05) is 0 Å². The molecule has 1 rings (SSSR count). The maximum atomic E-state index is 9.20. The summed E-state index contributed by atoms with van der Waals surface area (Å²) in [7, 11) is 0. The standard InChI is InChI=1S/C10H12N2O/c1-7(12)4-9-5-10(13)3-2-8(9)6-11/h2-3,5,7,13H,4,12H2,1H3/t7-/m0/s1. The highest BCUT2D eigenvalue weighted by Crippen LogP contribution is 2.16. The third-order valence-electron chi connectivity index (χ3n) is 1.75. The molecule has 0 unspecified atom stereocenters. The molecule has 0 aliphatic heterocycles. The molecule has 1 aromatic carbocycles. The summed E-state index contributed by atoms with van der Waals surface area (Å²) in [5.41, 5.74) is 6.99. The summed E-state index contributed by atoms with van der Waals surface area (Å²) in [5, 5.41) is 17.9. The van der Waals surface area contributed by atoms with E-state index in [1.54, 1.807) is 12.1 Å². The molecule has 3 N–H and O–H groups in total. The number of benzene rings is 1. The van der Waals surface area contributed by atoms with E-state index < -0.39 is 0 Å². The van der Waals surface area contributed by atoms with Gasteiger partial charge in [0.15, 0.2) is 0 Å². The molecule has 1 aromatic rings. The fourth-order valence-electron chi connectivity index (χ4n) is 1.20. The largest absolute Gasteiger partial charge is 0.508 e. The number of phenols is 1. The summed E-state index contributed by atoms with van der Waals surface area (Å²) in [5.74, 6) is 0.176. The number of hydrogen-bond acceptors (Lipinski definition) is 3. The van der Waals surface area contributed by atoms with E-state index in [0.717, 1.165) is 5.56 Å². The van der Waals surface area contributed by atoms with Gasteiger partial charge in [-0.2, -0.15) is 5.26 Å². The van der Waals surface area contributed by atoms with Gasteiger partial charge in [-0.15, -0.1) is 0 Å². The summed E-state index contributed by atoms with van der Waals surface area (Å²) >= 11 is 0. The highest BCUT2D eigenvalue weighted by molar-refractivity contribution is 5.42. The minimum Gasteiger partial charge on any atom is -0.508 e. The van der Waals surface area contributed by atoms with Crippen molar-refractivity contribution in [2.24, 2.45) is 5.73 Å². The summed E-state index contributed by atoms with van der Waals surface area (Å²) in [6.45, 7) is 1.87. The number of nitrogens with two attached hydrogens (primary N) is 1. The van der Waals surface area contributed by atoms with Crippen molar-refractivity contribution < 1.29 is 5.11 Å². The molecule has 0 radical (unpaired) electrons. The van der Waals surface area contributed by atoms with Crippen molar-refractivity contribution in [1.82, 2.24) is 0 Å². The first-order valence-corrected chi connectivity index (χ1v) is 4.11. The monoisotopic (exact) mass is 176 g/mol. The van der Waals surface area contributed by atoms with Crippen LogP contribution in [0.1, 0.15) is 18.1 Å². The SMILES string of the molecule is C[C@H](N)Cc1cc(O)ccc1C#N. The molecule has 0 spiro atoms. The Hall–Kier alpha value is -1.53. The number of hydrogen-bond donors (Lipinski definition) is 2. The zero-order valence-electron chi connectivity index (χ0n) is 7.49. The number of nitriles is 1. The Balaban J connectivity index is 3.03. The molecule has 3 heteroatoms. The predicted molar refractivity (Wildman–Crippen MR) is 50.2 cm³/mol. The zero-order valence-corrected chi connectivity index (χ0v) is 7.49. The molecule has 0 fully saturated rings. The first kappa shape index (κ1) is 9.56. The molecule has 0 aliphatic rings. The molecule has 0 aliphatic carbocycles. The van der Waals surface area contributed by atoms with Crippen molar-refractivity contribution in [1.29, 1.82) is 5.26 Å². The number of aromatic hydroxyl groups is 1. The molecule has 13 heavy (non-hydrogen) atoms. The quantitative estimate of drug-likeness (QED) is 0.710. The van der Waals surface area contributed by atoms with Gasteiger partial charge in [-0.05, 0) is 37.1 Å². The van der Waals surface area contributed by atoms with Crippen LogP contribution in [-0.4, -0.2) is 11.1 Å². The summed E-state index contributed by atoms with van der Waals surface area (Å²) in [6.07, 6.45) is 0.608. The lowest BCUT2D eigenvalue weighted by molar-refractivity contribution is 0.474. The number of rotatable bonds is 2. The maximum Gasteiger partial charge on any atom is 0.115 e. The van der Waals surface area contributed by atoms with Gasteiger partial charge in [-0.3, -0.25) is 0 Å². The van der Waals surface area contributed by atoms with Crippen LogP contribution in [0.4, 0.5) is 0 Å². The van der Waals surface area contributed by atoms with E-state index in [-0.39, 0.29) is 11.8 Å². The van der Waals surface area contributed by atoms with Crippen LogP contribution >= 0.6 is 0 Å². The fourth-order valence-corrected chi connectivity index (χ4v) is 1.20. The average Bonchev–Trinajstić information content (AvgIpc) is 2.03. The molecule has 0 bridgehead atoms. The van der Waals surface area contributed by atoms with Gasteiger partial charge in [0.1, 0.15) is 5.75 Å². The average molecular weight is 176 g/mol. The minimum absolute atomic E-state index is 0.00565.